The fraction of sp³-hybridized carbons (Fsp3) is 0.458. The first-order valence-electron chi connectivity index (χ1n) is 10.4. The Morgan fingerprint density at radius 2 is 1.89 bits per heavy atom. The maximum Gasteiger partial charge on any atom is 0.127 e. The molecule has 0 saturated heterocycles. The highest BCUT2D eigenvalue weighted by atomic mass is 16.5. The molecule has 1 aliphatic carbocycles. The average molecular weight is 378 g/mol. The summed E-state index contributed by atoms with van der Waals surface area (Å²) in [4.78, 5) is 5.09. The van der Waals surface area contributed by atoms with E-state index in [1.54, 1.807) is 7.11 Å². The quantitative estimate of drug-likeness (QED) is 0.721. The molecule has 1 spiro atoms. The Balaban J connectivity index is 1.72. The highest BCUT2D eigenvalue weighted by Crippen LogP contribution is 2.43. The third-order valence-corrected chi connectivity index (χ3v) is 6.52. The summed E-state index contributed by atoms with van der Waals surface area (Å²) in [6, 6.07) is 12.7. The lowest BCUT2D eigenvalue weighted by Gasteiger charge is -2.48. The first-order valence-corrected chi connectivity index (χ1v) is 10.4. The fourth-order valence-corrected chi connectivity index (χ4v) is 4.57. The van der Waals surface area contributed by atoms with Crippen LogP contribution in [0.2, 0.25) is 0 Å². The third-order valence-electron chi connectivity index (χ3n) is 6.52. The van der Waals surface area contributed by atoms with Crippen LogP contribution in [0.4, 0.5) is 11.4 Å². The van der Waals surface area contributed by atoms with Crippen LogP contribution >= 0.6 is 0 Å². The normalized spacial score (nSPS) is 25.1. The van der Waals surface area contributed by atoms with Crippen LogP contribution in [0.5, 0.6) is 5.75 Å². The van der Waals surface area contributed by atoms with Crippen molar-refractivity contribution in [3.8, 4) is 5.75 Å². The van der Waals surface area contributed by atoms with Gasteiger partial charge in [-0.1, -0.05) is 31.9 Å². The van der Waals surface area contributed by atoms with Gasteiger partial charge in [-0.2, -0.15) is 0 Å². The summed E-state index contributed by atoms with van der Waals surface area (Å²) < 4.78 is 5.37. The van der Waals surface area contributed by atoms with Crippen LogP contribution in [0.1, 0.15) is 49.3 Å². The number of aliphatic imine (C=N–C) groups is 1. The van der Waals surface area contributed by atoms with Crippen LogP contribution in [0.15, 0.2) is 41.4 Å². The third kappa shape index (κ3) is 3.36. The van der Waals surface area contributed by atoms with Crippen molar-refractivity contribution in [1.82, 2.24) is 0 Å². The Hall–Kier alpha value is -2.49. The van der Waals surface area contributed by atoms with Crippen molar-refractivity contribution in [3.63, 3.8) is 0 Å². The van der Waals surface area contributed by atoms with E-state index in [-0.39, 0.29) is 5.54 Å². The van der Waals surface area contributed by atoms with Crippen LogP contribution in [0.3, 0.4) is 0 Å². The standard InChI is InChI=1S/C24H31N3O/c1-16-12-21-22(13-17(16)2)27-24(11-6-5-8-18(24)3)23(26-21)25-15-19-9-7-10-20(14-19)28-4/h7,9-10,12-14,18,27H,5-6,8,11,15H2,1-4H3,(H,25,26). The Morgan fingerprint density at radius 1 is 1.11 bits per heavy atom. The molecule has 1 aliphatic heterocycles. The van der Waals surface area contributed by atoms with Crippen molar-refractivity contribution in [2.75, 3.05) is 17.7 Å². The monoisotopic (exact) mass is 377 g/mol. The van der Waals surface area contributed by atoms with Gasteiger partial charge in [0.15, 0.2) is 0 Å². The van der Waals surface area contributed by atoms with E-state index in [0.29, 0.717) is 12.5 Å². The van der Waals surface area contributed by atoms with Gasteiger partial charge >= 0.3 is 0 Å². The van der Waals surface area contributed by atoms with Gasteiger partial charge in [0.05, 0.1) is 30.6 Å². The number of anilines is 2. The van der Waals surface area contributed by atoms with Crippen LogP contribution < -0.4 is 15.4 Å². The predicted molar refractivity (Wildman–Crippen MR) is 118 cm³/mol. The topological polar surface area (TPSA) is 45.6 Å². The maximum atomic E-state index is 5.37. The lowest BCUT2D eigenvalue weighted by molar-refractivity contribution is 0.296. The van der Waals surface area contributed by atoms with E-state index in [1.165, 1.54) is 36.1 Å². The van der Waals surface area contributed by atoms with Crippen molar-refractivity contribution >= 4 is 17.2 Å². The zero-order chi connectivity index (χ0) is 19.7. The van der Waals surface area contributed by atoms with E-state index in [0.717, 1.165) is 29.3 Å². The smallest absolute Gasteiger partial charge is 0.127 e. The minimum Gasteiger partial charge on any atom is -0.497 e. The van der Waals surface area contributed by atoms with Gasteiger partial charge < -0.3 is 15.4 Å². The minimum absolute atomic E-state index is 0.105. The Morgan fingerprint density at radius 3 is 2.64 bits per heavy atom. The fourth-order valence-electron chi connectivity index (χ4n) is 4.57. The molecule has 0 amide bonds. The van der Waals surface area contributed by atoms with E-state index in [2.05, 4.69) is 55.7 Å². The Kier molecular flexibility index (Phi) is 5.05. The molecule has 2 atom stereocenters. The maximum absolute atomic E-state index is 5.37. The number of rotatable bonds is 3. The van der Waals surface area contributed by atoms with Crippen molar-refractivity contribution in [1.29, 1.82) is 0 Å². The molecule has 0 aromatic heterocycles. The van der Waals surface area contributed by atoms with Crippen molar-refractivity contribution in [3.05, 3.63) is 53.1 Å². The van der Waals surface area contributed by atoms with E-state index < -0.39 is 0 Å². The number of methoxy groups -OCH3 is 1. The van der Waals surface area contributed by atoms with Crippen molar-refractivity contribution < 1.29 is 4.74 Å². The van der Waals surface area contributed by atoms with Crippen molar-refractivity contribution in [2.24, 2.45) is 10.9 Å². The van der Waals surface area contributed by atoms with Gasteiger partial charge in [-0.15, -0.1) is 0 Å². The number of fused-ring (bicyclic) bond motifs is 1. The lowest BCUT2D eigenvalue weighted by atomic mass is 9.71. The summed E-state index contributed by atoms with van der Waals surface area (Å²) in [5.74, 6) is 2.50. The second-order valence-electron chi connectivity index (χ2n) is 8.37. The van der Waals surface area contributed by atoms with Crippen molar-refractivity contribution in [2.45, 2.75) is 58.5 Å². The Labute approximate surface area is 168 Å². The number of amidine groups is 1. The van der Waals surface area contributed by atoms with Crippen LogP contribution in [0.25, 0.3) is 0 Å². The summed E-state index contributed by atoms with van der Waals surface area (Å²) in [6.07, 6.45) is 4.88. The highest BCUT2D eigenvalue weighted by Gasteiger charge is 2.45. The molecule has 2 aromatic rings. The van der Waals surface area contributed by atoms with E-state index >= 15 is 0 Å². The van der Waals surface area contributed by atoms with Gasteiger partial charge in [0.25, 0.3) is 0 Å². The summed E-state index contributed by atoms with van der Waals surface area (Å²) in [7, 11) is 1.71. The van der Waals surface area contributed by atoms with E-state index in [4.69, 9.17) is 9.73 Å². The number of nitrogens with zero attached hydrogens (tertiary/aromatic N) is 1. The first kappa shape index (κ1) is 18.9. The molecule has 1 fully saturated rings. The summed E-state index contributed by atoms with van der Waals surface area (Å²) in [5.41, 5.74) is 6.02. The number of benzene rings is 2. The first-order chi connectivity index (χ1) is 13.5. The minimum atomic E-state index is -0.105. The molecule has 1 saturated carbocycles. The molecule has 28 heavy (non-hydrogen) atoms. The van der Waals surface area contributed by atoms with Gasteiger partial charge in [0.1, 0.15) is 11.6 Å². The second kappa shape index (κ2) is 7.50. The lowest BCUT2D eigenvalue weighted by Crippen LogP contribution is -2.58. The van der Waals surface area contributed by atoms with E-state index in [1.807, 2.05) is 12.1 Å². The van der Waals surface area contributed by atoms with Crippen LogP contribution in [-0.4, -0.2) is 18.5 Å². The molecule has 0 radical (unpaired) electrons. The Bertz CT molecular complexity index is 905. The number of hydrogen-bond acceptors (Lipinski definition) is 3. The van der Waals surface area contributed by atoms with Gasteiger partial charge in [-0.05, 0) is 73.6 Å². The van der Waals surface area contributed by atoms with Gasteiger partial charge in [0.2, 0.25) is 0 Å². The van der Waals surface area contributed by atoms with E-state index in [9.17, 15) is 0 Å². The number of aryl methyl sites for hydroxylation is 2. The molecule has 2 aromatic carbocycles. The molecule has 4 heteroatoms. The average Bonchev–Trinajstić information content (AvgIpc) is 2.70. The predicted octanol–water partition coefficient (Wildman–Crippen LogP) is 5.70. The summed E-state index contributed by atoms with van der Waals surface area (Å²) in [5, 5.41) is 7.63. The zero-order valence-electron chi connectivity index (χ0n) is 17.4. The van der Waals surface area contributed by atoms with Gasteiger partial charge in [-0.25, -0.2) is 0 Å². The van der Waals surface area contributed by atoms with Crippen LogP contribution in [0, 0.1) is 19.8 Å². The molecule has 0 bridgehead atoms. The molecule has 2 N–H and O–H groups in total. The number of nitrogens with one attached hydrogen (secondary N) is 2. The largest absolute Gasteiger partial charge is 0.497 e. The molecule has 2 aliphatic rings. The molecular weight excluding hydrogens is 346 g/mol. The second-order valence-corrected chi connectivity index (χ2v) is 8.37. The molecule has 148 valence electrons. The molecule has 4 rings (SSSR count). The molecule has 4 nitrogen and oxygen atoms in total. The van der Waals surface area contributed by atoms with Crippen LogP contribution in [-0.2, 0) is 6.54 Å². The summed E-state index contributed by atoms with van der Waals surface area (Å²) in [6.45, 7) is 7.36. The molecular formula is C24H31N3O. The number of hydrogen-bond donors (Lipinski definition) is 2. The highest BCUT2D eigenvalue weighted by molar-refractivity contribution is 6.10. The molecule has 2 unspecified atom stereocenters. The SMILES string of the molecule is COc1cccc(CN=C2Nc3cc(C)c(C)cc3NC23CCCCC3C)c1. The molecule has 1 heterocycles. The van der Waals surface area contributed by atoms with Gasteiger partial charge in [-0.3, -0.25) is 4.99 Å². The zero-order valence-corrected chi connectivity index (χ0v) is 17.4. The number of ether oxygens (including phenoxy) is 1. The summed E-state index contributed by atoms with van der Waals surface area (Å²) >= 11 is 0. The van der Waals surface area contributed by atoms with Gasteiger partial charge in [0, 0.05) is 0 Å².